The average molecular weight is 135 g/mol. The van der Waals surface area contributed by atoms with Gasteiger partial charge in [-0.25, -0.2) is 0 Å². The quantitative estimate of drug-likeness (QED) is 0.389. The summed E-state index contributed by atoms with van der Waals surface area (Å²) in [7, 11) is 0. The van der Waals surface area contributed by atoms with Crippen LogP contribution < -0.4 is 0 Å². The normalized spacial score (nSPS) is 17.4. The standard InChI is InChI=1S/C8H9NO/c1-3-7-5-6-9(4-2)8(7)10/h4H,1-2,5-6H2. The van der Waals surface area contributed by atoms with Crippen LogP contribution in [0.1, 0.15) is 6.42 Å². The second kappa shape index (κ2) is 2.54. The van der Waals surface area contributed by atoms with Gasteiger partial charge in [-0.1, -0.05) is 13.2 Å². The zero-order valence-electron chi connectivity index (χ0n) is 5.76. The van der Waals surface area contributed by atoms with E-state index < -0.39 is 0 Å². The maximum absolute atomic E-state index is 11.1. The molecule has 1 heterocycles. The largest absolute Gasteiger partial charge is 0.315 e. The van der Waals surface area contributed by atoms with E-state index in [9.17, 15) is 4.79 Å². The van der Waals surface area contributed by atoms with Crippen LogP contribution in [0.15, 0.2) is 30.7 Å². The molecule has 2 nitrogen and oxygen atoms in total. The van der Waals surface area contributed by atoms with Crippen molar-refractivity contribution in [2.24, 2.45) is 0 Å². The lowest BCUT2D eigenvalue weighted by molar-refractivity contribution is -0.122. The molecule has 10 heavy (non-hydrogen) atoms. The topological polar surface area (TPSA) is 20.3 Å². The Labute approximate surface area is 60.1 Å². The molecule has 1 aliphatic heterocycles. The van der Waals surface area contributed by atoms with E-state index in [2.05, 4.69) is 18.9 Å². The van der Waals surface area contributed by atoms with Gasteiger partial charge in [0.05, 0.1) is 5.57 Å². The summed E-state index contributed by atoms with van der Waals surface area (Å²) in [5.74, 6) is -0.00926. The first kappa shape index (κ1) is 6.84. The first-order valence-corrected chi connectivity index (χ1v) is 3.12. The Balaban J connectivity index is 2.86. The maximum Gasteiger partial charge on any atom is 0.261 e. The minimum absolute atomic E-state index is 0.00926. The van der Waals surface area contributed by atoms with Gasteiger partial charge in [0.25, 0.3) is 5.91 Å². The minimum Gasteiger partial charge on any atom is -0.315 e. The fourth-order valence-electron chi connectivity index (χ4n) is 0.952. The van der Waals surface area contributed by atoms with Crippen LogP contribution in [0.2, 0.25) is 0 Å². The Bertz CT molecular complexity index is 223. The molecule has 0 saturated carbocycles. The highest BCUT2D eigenvalue weighted by Crippen LogP contribution is 2.14. The van der Waals surface area contributed by atoms with Gasteiger partial charge in [0.2, 0.25) is 0 Å². The Morgan fingerprint density at radius 2 is 2.40 bits per heavy atom. The lowest BCUT2D eigenvalue weighted by Crippen LogP contribution is -2.17. The van der Waals surface area contributed by atoms with E-state index in [1.807, 2.05) is 0 Å². The van der Waals surface area contributed by atoms with Crippen molar-refractivity contribution < 1.29 is 4.79 Å². The minimum atomic E-state index is -0.00926. The van der Waals surface area contributed by atoms with Gasteiger partial charge in [0.1, 0.15) is 0 Å². The summed E-state index contributed by atoms with van der Waals surface area (Å²) in [5, 5.41) is 0. The monoisotopic (exact) mass is 135 g/mol. The number of hydrogen-bond acceptors (Lipinski definition) is 1. The molecule has 0 spiro atoms. The molecule has 1 saturated heterocycles. The van der Waals surface area contributed by atoms with Crippen molar-refractivity contribution >= 4 is 5.91 Å². The Kier molecular flexibility index (Phi) is 1.74. The van der Waals surface area contributed by atoms with Gasteiger partial charge in [0.15, 0.2) is 0 Å². The number of carbonyl (C=O) groups is 1. The van der Waals surface area contributed by atoms with Gasteiger partial charge in [-0.2, -0.15) is 0 Å². The van der Waals surface area contributed by atoms with E-state index in [4.69, 9.17) is 0 Å². The molecule has 0 N–H and O–H groups in total. The molecule has 1 fully saturated rings. The molecule has 0 aromatic carbocycles. The Hall–Kier alpha value is -1.27. The van der Waals surface area contributed by atoms with Gasteiger partial charge in [-0.05, 0) is 6.20 Å². The zero-order valence-corrected chi connectivity index (χ0v) is 5.76. The van der Waals surface area contributed by atoms with Crippen molar-refractivity contribution in [1.82, 2.24) is 4.90 Å². The van der Waals surface area contributed by atoms with E-state index in [0.717, 1.165) is 13.0 Å². The number of hydrogen-bond donors (Lipinski definition) is 0. The molecule has 0 bridgehead atoms. The van der Waals surface area contributed by atoms with Crippen LogP contribution in [0.25, 0.3) is 0 Å². The van der Waals surface area contributed by atoms with Crippen molar-refractivity contribution in [3.05, 3.63) is 30.7 Å². The lowest BCUT2D eigenvalue weighted by Gasteiger charge is -2.05. The maximum atomic E-state index is 11.1. The van der Waals surface area contributed by atoms with Crippen molar-refractivity contribution in [2.75, 3.05) is 6.54 Å². The number of amides is 1. The van der Waals surface area contributed by atoms with Crippen LogP contribution in [0.5, 0.6) is 0 Å². The number of nitrogens with zero attached hydrogens (tertiary/aromatic N) is 1. The number of likely N-dealkylation sites (tertiary alicyclic amines) is 1. The van der Waals surface area contributed by atoms with Crippen molar-refractivity contribution in [1.29, 1.82) is 0 Å². The number of carbonyl (C=O) groups excluding carboxylic acids is 1. The molecule has 1 aliphatic rings. The van der Waals surface area contributed by atoms with Crippen molar-refractivity contribution in [3.63, 3.8) is 0 Å². The summed E-state index contributed by atoms with van der Waals surface area (Å²) in [4.78, 5) is 12.6. The summed E-state index contributed by atoms with van der Waals surface area (Å²) in [5.41, 5.74) is 3.27. The second-order valence-corrected chi connectivity index (χ2v) is 2.09. The Morgan fingerprint density at radius 3 is 2.70 bits per heavy atom. The molecule has 0 aliphatic carbocycles. The van der Waals surface area contributed by atoms with Gasteiger partial charge in [-0.15, -0.1) is 5.73 Å². The zero-order chi connectivity index (χ0) is 7.56. The van der Waals surface area contributed by atoms with E-state index in [1.165, 1.54) is 6.20 Å². The first-order chi connectivity index (χ1) is 4.79. The predicted molar refractivity (Wildman–Crippen MR) is 39.2 cm³/mol. The molecule has 52 valence electrons. The summed E-state index contributed by atoms with van der Waals surface area (Å²) in [6.45, 7) is 7.65. The number of rotatable bonds is 1. The lowest BCUT2D eigenvalue weighted by atomic mass is 10.2. The molecular weight excluding hydrogens is 126 g/mol. The molecular formula is C8H9NO. The highest BCUT2D eigenvalue weighted by atomic mass is 16.2. The van der Waals surface area contributed by atoms with Crippen LogP contribution in [0.4, 0.5) is 0 Å². The van der Waals surface area contributed by atoms with Crippen LogP contribution in [-0.2, 0) is 4.79 Å². The molecule has 0 atom stereocenters. The van der Waals surface area contributed by atoms with E-state index in [1.54, 1.807) is 4.90 Å². The highest BCUT2D eigenvalue weighted by Gasteiger charge is 2.22. The van der Waals surface area contributed by atoms with Gasteiger partial charge < -0.3 is 4.90 Å². The van der Waals surface area contributed by atoms with E-state index >= 15 is 0 Å². The molecule has 0 unspecified atom stereocenters. The summed E-state index contributed by atoms with van der Waals surface area (Å²) < 4.78 is 0. The second-order valence-electron chi connectivity index (χ2n) is 2.09. The van der Waals surface area contributed by atoms with Crippen LogP contribution in [-0.4, -0.2) is 17.4 Å². The highest BCUT2D eigenvalue weighted by molar-refractivity contribution is 5.95. The van der Waals surface area contributed by atoms with Crippen LogP contribution >= 0.6 is 0 Å². The van der Waals surface area contributed by atoms with Crippen molar-refractivity contribution in [2.45, 2.75) is 6.42 Å². The first-order valence-electron chi connectivity index (χ1n) is 3.12. The van der Waals surface area contributed by atoms with Gasteiger partial charge in [-0.3, -0.25) is 4.79 Å². The smallest absolute Gasteiger partial charge is 0.261 e. The molecule has 0 aromatic heterocycles. The third-order valence-electron chi connectivity index (χ3n) is 1.56. The molecule has 0 radical (unpaired) electrons. The van der Waals surface area contributed by atoms with Gasteiger partial charge >= 0.3 is 0 Å². The van der Waals surface area contributed by atoms with Crippen LogP contribution in [0.3, 0.4) is 0 Å². The molecule has 1 rings (SSSR count). The average Bonchev–Trinajstić information content (AvgIpc) is 2.30. The van der Waals surface area contributed by atoms with Gasteiger partial charge in [0, 0.05) is 13.0 Å². The van der Waals surface area contributed by atoms with E-state index in [0.29, 0.717) is 5.57 Å². The fraction of sp³-hybridized carbons (Fsp3) is 0.250. The Morgan fingerprint density at radius 1 is 1.70 bits per heavy atom. The van der Waals surface area contributed by atoms with E-state index in [-0.39, 0.29) is 5.91 Å². The summed E-state index contributed by atoms with van der Waals surface area (Å²) >= 11 is 0. The molecule has 1 amide bonds. The predicted octanol–water partition coefficient (Wildman–Crippen LogP) is 1.07. The SMILES string of the molecule is C=C=C1CCN(C=C)C1=O. The third-order valence-corrected chi connectivity index (χ3v) is 1.56. The third kappa shape index (κ3) is 0.893. The fourth-order valence-corrected chi connectivity index (χ4v) is 0.952. The van der Waals surface area contributed by atoms with Crippen LogP contribution in [0, 0.1) is 0 Å². The summed E-state index contributed by atoms with van der Waals surface area (Å²) in [6.07, 6.45) is 2.28. The molecule has 0 aromatic rings. The summed E-state index contributed by atoms with van der Waals surface area (Å²) in [6, 6.07) is 0. The molecule has 2 heteroatoms. The van der Waals surface area contributed by atoms with Crippen molar-refractivity contribution in [3.8, 4) is 0 Å².